The van der Waals surface area contributed by atoms with Gasteiger partial charge in [-0.15, -0.1) is 0 Å². The molecule has 8 heteroatoms. The van der Waals surface area contributed by atoms with Crippen LogP contribution in [0.4, 0.5) is 4.39 Å². The summed E-state index contributed by atoms with van der Waals surface area (Å²) in [5.74, 6) is -0.287. The molecule has 0 bridgehead atoms. The van der Waals surface area contributed by atoms with E-state index in [-0.39, 0.29) is 34.4 Å². The van der Waals surface area contributed by atoms with Gasteiger partial charge in [0.2, 0.25) is 0 Å². The van der Waals surface area contributed by atoms with Gasteiger partial charge in [0.25, 0.3) is 10.0 Å². The first-order valence-electron chi connectivity index (χ1n) is 8.82. The van der Waals surface area contributed by atoms with Gasteiger partial charge in [-0.25, -0.2) is 16.8 Å². The van der Waals surface area contributed by atoms with Crippen molar-refractivity contribution in [3.63, 3.8) is 0 Å². The van der Waals surface area contributed by atoms with Crippen LogP contribution in [0.2, 0.25) is 0 Å². The molecule has 1 aromatic carbocycles. The van der Waals surface area contributed by atoms with Crippen molar-refractivity contribution in [2.24, 2.45) is 0 Å². The van der Waals surface area contributed by atoms with Crippen LogP contribution in [0.1, 0.15) is 29.9 Å². The monoisotopic (exact) mass is 402 g/mol. The highest BCUT2D eigenvalue weighted by molar-refractivity contribution is 7.90. The first kappa shape index (κ1) is 18.6. The Morgan fingerprint density at radius 2 is 2.07 bits per heavy atom. The number of aliphatic hydroxyl groups excluding tert-OH is 1. The van der Waals surface area contributed by atoms with Crippen LogP contribution in [-0.2, 0) is 16.6 Å². The summed E-state index contributed by atoms with van der Waals surface area (Å²) in [5, 5.41) is 9.87. The molecule has 2 aromatic heterocycles. The average molecular weight is 402 g/mol. The van der Waals surface area contributed by atoms with Gasteiger partial charge in [-0.1, -0.05) is 6.07 Å². The van der Waals surface area contributed by atoms with Crippen LogP contribution in [0.15, 0.2) is 53.8 Å². The van der Waals surface area contributed by atoms with Crippen molar-refractivity contribution in [2.45, 2.75) is 30.3 Å². The summed E-state index contributed by atoms with van der Waals surface area (Å²) >= 11 is 0. The third-order valence-corrected chi connectivity index (χ3v) is 6.52. The number of rotatable bonds is 6. The topological polar surface area (TPSA) is 81.4 Å². The van der Waals surface area contributed by atoms with E-state index in [1.54, 1.807) is 6.07 Å². The highest BCUT2D eigenvalue weighted by Crippen LogP contribution is 2.49. The number of nitrogens with zero attached hydrogens (tertiary/aromatic N) is 2. The fraction of sp³-hybridized carbons (Fsp3) is 0.250. The Morgan fingerprint density at radius 1 is 1.29 bits per heavy atom. The fourth-order valence-electron chi connectivity index (χ4n) is 3.45. The number of halogens is 1. The third kappa shape index (κ3) is 2.98. The van der Waals surface area contributed by atoms with E-state index in [2.05, 4.69) is 4.98 Å². The standard InChI is InChI=1S/C20H19FN2O4S/c1-27-17-6-2-5-16(21)19(17)20-18(13-7-8-13)14(12-24)11-23(20)28(25,26)15-4-3-9-22-10-15/h2-6,9-11,13,24H,7-8,12H2,1H3. The lowest BCUT2D eigenvalue weighted by molar-refractivity contribution is 0.281. The molecule has 1 fully saturated rings. The van der Waals surface area contributed by atoms with Crippen LogP contribution in [0.3, 0.4) is 0 Å². The summed E-state index contributed by atoms with van der Waals surface area (Å²) in [5.41, 5.74) is 1.39. The molecule has 0 amide bonds. The molecule has 6 nitrogen and oxygen atoms in total. The van der Waals surface area contributed by atoms with E-state index in [0.29, 0.717) is 11.1 Å². The van der Waals surface area contributed by atoms with E-state index in [4.69, 9.17) is 4.74 Å². The van der Waals surface area contributed by atoms with Crippen molar-refractivity contribution in [1.29, 1.82) is 0 Å². The average Bonchev–Trinajstić information content (AvgIpc) is 3.47. The summed E-state index contributed by atoms with van der Waals surface area (Å²) in [6.07, 6.45) is 5.80. The number of benzene rings is 1. The van der Waals surface area contributed by atoms with E-state index < -0.39 is 15.8 Å². The molecule has 0 saturated heterocycles. The summed E-state index contributed by atoms with van der Waals surface area (Å²) in [7, 11) is -2.65. The SMILES string of the molecule is COc1cccc(F)c1-c1c(C2CC2)c(CO)cn1S(=O)(=O)c1cccnc1. The van der Waals surface area contributed by atoms with Gasteiger partial charge < -0.3 is 9.84 Å². The first-order chi connectivity index (χ1) is 13.5. The molecule has 0 spiro atoms. The predicted molar refractivity (Wildman–Crippen MR) is 101 cm³/mol. The predicted octanol–water partition coefficient (Wildman–Crippen LogP) is 3.30. The zero-order valence-electron chi connectivity index (χ0n) is 15.2. The maximum atomic E-state index is 14.9. The highest BCUT2D eigenvalue weighted by Gasteiger charge is 2.36. The molecule has 28 heavy (non-hydrogen) atoms. The van der Waals surface area contributed by atoms with Gasteiger partial charge in [-0.2, -0.15) is 0 Å². The first-order valence-corrected chi connectivity index (χ1v) is 10.3. The number of ether oxygens (including phenoxy) is 1. The van der Waals surface area contributed by atoms with E-state index in [1.807, 2.05) is 0 Å². The minimum atomic E-state index is -4.06. The van der Waals surface area contributed by atoms with Gasteiger partial charge in [-0.05, 0) is 48.6 Å². The number of aliphatic hydroxyl groups is 1. The Hall–Kier alpha value is -2.71. The molecule has 0 aliphatic heterocycles. The largest absolute Gasteiger partial charge is 0.496 e. The second-order valence-corrected chi connectivity index (χ2v) is 8.47. The van der Waals surface area contributed by atoms with E-state index in [0.717, 1.165) is 16.8 Å². The normalized spacial score (nSPS) is 14.2. The lowest BCUT2D eigenvalue weighted by Crippen LogP contribution is -2.14. The van der Waals surface area contributed by atoms with E-state index >= 15 is 0 Å². The zero-order chi connectivity index (χ0) is 19.9. The number of pyridine rings is 1. The minimum absolute atomic E-state index is 0.0200. The summed E-state index contributed by atoms with van der Waals surface area (Å²) in [6, 6.07) is 7.31. The van der Waals surface area contributed by atoms with E-state index in [1.165, 1.54) is 50.0 Å². The molecule has 3 aromatic rings. The Morgan fingerprint density at radius 3 is 2.68 bits per heavy atom. The highest BCUT2D eigenvalue weighted by atomic mass is 32.2. The molecule has 1 N–H and O–H groups in total. The molecule has 0 unspecified atom stereocenters. The summed E-state index contributed by atoms with van der Waals surface area (Å²) < 4.78 is 48.0. The molecule has 1 saturated carbocycles. The van der Waals surface area contributed by atoms with Crippen molar-refractivity contribution in [1.82, 2.24) is 8.96 Å². The third-order valence-electron chi connectivity index (χ3n) is 4.87. The maximum Gasteiger partial charge on any atom is 0.269 e. The molecule has 146 valence electrons. The van der Waals surface area contributed by atoms with Crippen molar-refractivity contribution in [2.75, 3.05) is 7.11 Å². The number of aromatic nitrogens is 2. The van der Waals surface area contributed by atoms with Crippen LogP contribution in [-0.4, -0.2) is 29.6 Å². The van der Waals surface area contributed by atoms with Crippen molar-refractivity contribution < 1.29 is 22.7 Å². The van der Waals surface area contributed by atoms with Gasteiger partial charge in [0.15, 0.2) is 0 Å². The van der Waals surface area contributed by atoms with Crippen LogP contribution < -0.4 is 4.74 Å². The van der Waals surface area contributed by atoms with Gasteiger partial charge >= 0.3 is 0 Å². The van der Waals surface area contributed by atoms with Crippen molar-refractivity contribution >= 4 is 10.0 Å². The van der Waals surface area contributed by atoms with Gasteiger partial charge in [-0.3, -0.25) is 4.98 Å². The molecular weight excluding hydrogens is 383 g/mol. The van der Waals surface area contributed by atoms with Gasteiger partial charge in [0.05, 0.1) is 25.0 Å². The molecule has 2 heterocycles. The number of hydrogen-bond acceptors (Lipinski definition) is 5. The van der Waals surface area contributed by atoms with Crippen LogP contribution >= 0.6 is 0 Å². The molecule has 0 atom stereocenters. The quantitative estimate of drug-likeness (QED) is 0.684. The minimum Gasteiger partial charge on any atom is -0.496 e. The van der Waals surface area contributed by atoms with Crippen LogP contribution in [0.5, 0.6) is 5.75 Å². The van der Waals surface area contributed by atoms with Gasteiger partial charge in [0, 0.05) is 24.2 Å². The molecule has 4 rings (SSSR count). The molecule has 1 aliphatic rings. The second kappa shape index (κ2) is 7.03. The molecular formula is C20H19FN2O4S. The number of methoxy groups -OCH3 is 1. The Labute approximate surface area is 162 Å². The van der Waals surface area contributed by atoms with Crippen LogP contribution in [0.25, 0.3) is 11.3 Å². The summed E-state index contributed by atoms with van der Waals surface area (Å²) in [6.45, 7) is -0.342. The van der Waals surface area contributed by atoms with E-state index in [9.17, 15) is 17.9 Å². The van der Waals surface area contributed by atoms with Gasteiger partial charge in [0.1, 0.15) is 16.5 Å². The maximum absolute atomic E-state index is 14.9. The van der Waals surface area contributed by atoms with Crippen molar-refractivity contribution in [3.05, 3.63) is 65.9 Å². The number of hydrogen-bond donors (Lipinski definition) is 1. The fourth-order valence-corrected chi connectivity index (χ4v) is 4.82. The van der Waals surface area contributed by atoms with Crippen molar-refractivity contribution in [3.8, 4) is 17.0 Å². The summed E-state index contributed by atoms with van der Waals surface area (Å²) in [4.78, 5) is 3.87. The Bertz CT molecular complexity index is 1120. The smallest absolute Gasteiger partial charge is 0.269 e. The lowest BCUT2D eigenvalue weighted by Gasteiger charge is -2.16. The Balaban J connectivity index is 2.07. The lowest BCUT2D eigenvalue weighted by atomic mass is 10.00. The Kier molecular flexibility index (Phi) is 4.68. The van der Waals surface area contributed by atoms with Crippen LogP contribution in [0, 0.1) is 5.82 Å². The molecule has 1 aliphatic carbocycles. The molecule has 0 radical (unpaired) electrons. The zero-order valence-corrected chi connectivity index (χ0v) is 16.0. The second-order valence-electron chi connectivity index (χ2n) is 6.66.